The van der Waals surface area contributed by atoms with Crippen LogP contribution in [-0.4, -0.2) is 29.0 Å². The van der Waals surface area contributed by atoms with E-state index in [1.54, 1.807) is 6.07 Å². The van der Waals surface area contributed by atoms with Crippen LogP contribution in [-0.2, 0) is 19.2 Å². The Kier molecular flexibility index (Phi) is 15.0. The normalized spacial score (nSPS) is 11.6. The van der Waals surface area contributed by atoms with Crippen LogP contribution in [0.4, 0.5) is 0 Å². The molecule has 0 aromatic heterocycles. The Bertz CT molecular complexity index is 1230. The van der Waals surface area contributed by atoms with E-state index in [1.807, 2.05) is 0 Å². The van der Waals surface area contributed by atoms with Gasteiger partial charge in [0, 0.05) is 50.5 Å². The van der Waals surface area contributed by atoms with Crippen molar-refractivity contribution in [3.63, 3.8) is 0 Å². The molecule has 2 aromatic carbocycles. The molecular formula is C33H42O9. The molecule has 1 atom stereocenters. The Labute approximate surface area is 247 Å². The van der Waals surface area contributed by atoms with Crippen molar-refractivity contribution in [2.45, 2.75) is 98.0 Å². The van der Waals surface area contributed by atoms with Gasteiger partial charge in [0.05, 0.1) is 0 Å². The van der Waals surface area contributed by atoms with Gasteiger partial charge in [0.2, 0.25) is 0 Å². The van der Waals surface area contributed by atoms with Gasteiger partial charge in [0.1, 0.15) is 29.1 Å². The zero-order valence-electron chi connectivity index (χ0n) is 25.0. The van der Waals surface area contributed by atoms with Crippen molar-refractivity contribution in [3.8, 4) is 23.0 Å². The Morgan fingerprint density at radius 3 is 1.79 bits per heavy atom. The standard InChI is InChI=1S/C33H42O9/c1-5-6-7-8-9-10-11-12-13-14-33(38)42-32-22-28(40-24(3)35)18-19-29(32)30(37)20-16-26-15-17-27(39-23(2)34)21-31(26)41-25(4)36/h15-22,30,37H,5-14H2,1-4H3. The summed E-state index contributed by atoms with van der Waals surface area (Å²) in [5, 5.41) is 11.0. The van der Waals surface area contributed by atoms with Crippen LogP contribution in [0.2, 0.25) is 0 Å². The third-order valence-corrected chi connectivity index (χ3v) is 6.23. The molecule has 228 valence electrons. The highest BCUT2D eigenvalue weighted by Gasteiger charge is 2.17. The van der Waals surface area contributed by atoms with Crippen LogP contribution in [0.15, 0.2) is 42.5 Å². The molecule has 9 heteroatoms. The number of hydrogen-bond donors (Lipinski definition) is 1. The van der Waals surface area contributed by atoms with Gasteiger partial charge in [-0.25, -0.2) is 0 Å². The van der Waals surface area contributed by atoms with E-state index in [-0.39, 0.29) is 35.0 Å². The quantitative estimate of drug-likeness (QED) is 0.119. The number of unbranched alkanes of at least 4 members (excludes halogenated alkanes) is 8. The van der Waals surface area contributed by atoms with Crippen molar-refractivity contribution < 1.29 is 43.2 Å². The number of carbonyl (C=O) groups is 4. The number of rotatable bonds is 17. The average molecular weight is 583 g/mol. The van der Waals surface area contributed by atoms with E-state index in [4.69, 9.17) is 18.9 Å². The van der Waals surface area contributed by atoms with Crippen LogP contribution < -0.4 is 18.9 Å². The minimum atomic E-state index is -1.23. The largest absolute Gasteiger partial charge is 0.427 e. The van der Waals surface area contributed by atoms with Gasteiger partial charge < -0.3 is 24.1 Å². The maximum absolute atomic E-state index is 12.6. The maximum atomic E-state index is 12.6. The van der Waals surface area contributed by atoms with Gasteiger partial charge in [-0.2, -0.15) is 0 Å². The molecule has 0 spiro atoms. The van der Waals surface area contributed by atoms with E-state index in [9.17, 15) is 24.3 Å². The molecule has 0 radical (unpaired) electrons. The Morgan fingerprint density at radius 2 is 1.21 bits per heavy atom. The third-order valence-electron chi connectivity index (χ3n) is 6.23. The fourth-order valence-electron chi connectivity index (χ4n) is 4.25. The second-order valence-electron chi connectivity index (χ2n) is 10.0. The highest BCUT2D eigenvalue weighted by Crippen LogP contribution is 2.33. The Balaban J connectivity index is 2.12. The van der Waals surface area contributed by atoms with E-state index in [2.05, 4.69) is 6.92 Å². The summed E-state index contributed by atoms with van der Waals surface area (Å²) >= 11 is 0. The van der Waals surface area contributed by atoms with Crippen molar-refractivity contribution in [2.24, 2.45) is 0 Å². The molecule has 1 unspecified atom stereocenters. The Hall–Kier alpha value is -3.98. The van der Waals surface area contributed by atoms with Gasteiger partial charge in [-0.05, 0) is 30.7 Å². The van der Waals surface area contributed by atoms with Gasteiger partial charge in [0.15, 0.2) is 0 Å². The van der Waals surface area contributed by atoms with Crippen molar-refractivity contribution in [1.82, 2.24) is 0 Å². The Morgan fingerprint density at radius 1 is 0.690 bits per heavy atom. The molecule has 0 saturated carbocycles. The van der Waals surface area contributed by atoms with Gasteiger partial charge in [-0.1, -0.05) is 70.4 Å². The molecule has 0 heterocycles. The molecule has 0 amide bonds. The molecule has 9 nitrogen and oxygen atoms in total. The van der Waals surface area contributed by atoms with Gasteiger partial charge >= 0.3 is 23.9 Å². The first-order chi connectivity index (χ1) is 20.1. The molecule has 0 aliphatic heterocycles. The topological polar surface area (TPSA) is 125 Å². The van der Waals surface area contributed by atoms with Crippen LogP contribution in [0.5, 0.6) is 23.0 Å². The van der Waals surface area contributed by atoms with Crippen molar-refractivity contribution in [2.75, 3.05) is 0 Å². The molecule has 2 aromatic rings. The number of aliphatic hydroxyl groups is 1. The molecule has 1 N–H and O–H groups in total. The first-order valence-corrected chi connectivity index (χ1v) is 14.5. The molecule has 0 aliphatic rings. The zero-order chi connectivity index (χ0) is 30.9. The summed E-state index contributed by atoms with van der Waals surface area (Å²) in [4.78, 5) is 47.0. The van der Waals surface area contributed by atoms with Crippen LogP contribution in [0.3, 0.4) is 0 Å². The summed E-state index contributed by atoms with van der Waals surface area (Å²) in [6.45, 7) is 5.95. The first kappa shape index (κ1) is 34.2. The molecule has 0 aliphatic carbocycles. The number of hydrogen-bond acceptors (Lipinski definition) is 9. The minimum absolute atomic E-state index is 0.0669. The minimum Gasteiger partial charge on any atom is -0.427 e. The van der Waals surface area contributed by atoms with Gasteiger partial charge in [-0.15, -0.1) is 0 Å². The first-order valence-electron chi connectivity index (χ1n) is 14.5. The predicted molar refractivity (Wildman–Crippen MR) is 158 cm³/mol. The number of carbonyl (C=O) groups excluding carboxylic acids is 4. The van der Waals surface area contributed by atoms with Gasteiger partial charge in [0.25, 0.3) is 0 Å². The predicted octanol–water partition coefficient (Wildman–Crippen LogP) is 7.04. The van der Waals surface area contributed by atoms with Crippen molar-refractivity contribution in [1.29, 1.82) is 0 Å². The summed E-state index contributed by atoms with van der Waals surface area (Å²) < 4.78 is 21.0. The van der Waals surface area contributed by atoms with E-state index in [1.165, 1.54) is 95.4 Å². The highest BCUT2D eigenvalue weighted by atomic mass is 16.6. The number of esters is 4. The van der Waals surface area contributed by atoms with Gasteiger partial charge in [-0.3, -0.25) is 19.2 Å². The lowest BCUT2D eigenvalue weighted by molar-refractivity contribution is -0.135. The zero-order valence-corrected chi connectivity index (χ0v) is 25.0. The number of ether oxygens (including phenoxy) is 4. The number of benzene rings is 2. The summed E-state index contributed by atoms with van der Waals surface area (Å²) in [6, 6.07) is 8.86. The van der Waals surface area contributed by atoms with Crippen LogP contribution in [0.25, 0.3) is 6.08 Å². The third kappa shape index (κ3) is 13.1. The molecule has 0 saturated heterocycles. The second-order valence-corrected chi connectivity index (χ2v) is 10.0. The molecule has 0 fully saturated rings. The average Bonchev–Trinajstić information content (AvgIpc) is 2.90. The number of aliphatic hydroxyl groups excluding tert-OH is 1. The lowest BCUT2D eigenvalue weighted by Crippen LogP contribution is -2.11. The van der Waals surface area contributed by atoms with E-state index in [0.29, 0.717) is 12.0 Å². The van der Waals surface area contributed by atoms with E-state index in [0.717, 1.165) is 19.3 Å². The second kappa shape index (κ2) is 18.5. The lowest BCUT2D eigenvalue weighted by atomic mass is 10.1. The van der Waals surface area contributed by atoms with Crippen LogP contribution in [0, 0.1) is 0 Å². The molecule has 2 rings (SSSR count). The fraction of sp³-hybridized carbons (Fsp3) is 0.455. The summed E-state index contributed by atoms with van der Waals surface area (Å²) in [5.74, 6) is -1.53. The fourth-order valence-corrected chi connectivity index (χ4v) is 4.25. The molecular weight excluding hydrogens is 540 g/mol. The maximum Gasteiger partial charge on any atom is 0.311 e. The monoisotopic (exact) mass is 582 g/mol. The van der Waals surface area contributed by atoms with E-state index >= 15 is 0 Å². The van der Waals surface area contributed by atoms with Crippen molar-refractivity contribution in [3.05, 3.63) is 53.6 Å². The smallest absolute Gasteiger partial charge is 0.311 e. The van der Waals surface area contributed by atoms with Crippen LogP contribution in [0.1, 0.15) is 109 Å². The summed E-state index contributed by atoms with van der Waals surface area (Å²) in [6.07, 6.45) is 12.0. The SMILES string of the molecule is CCCCCCCCCCCC(=O)Oc1cc(OC(C)=O)ccc1C(O)C=Cc1ccc(OC(C)=O)cc1OC(C)=O. The van der Waals surface area contributed by atoms with E-state index < -0.39 is 30.0 Å². The van der Waals surface area contributed by atoms with Crippen LogP contribution >= 0.6 is 0 Å². The summed E-state index contributed by atoms with van der Waals surface area (Å²) in [5.41, 5.74) is 0.703. The highest BCUT2D eigenvalue weighted by molar-refractivity contribution is 5.75. The lowest BCUT2D eigenvalue weighted by Gasteiger charge is -2.15. The van der Waals surface area contributed by atoms with Crippen molar-refractivity contribution >= 4 is 30.0 Å². The molecule has 0 bridgehead atoms. The summed E-state index contributed by atoms with van der Waals surface area (Å²) in [7, 11) is 0. The molecule has 42 heavy (non-hydrogen) atoms.